The van der Waals surface area contributed by atoms with Crippen LogP contribution in [0.3, 0.4) is 0 Å². The predicted octanol–water partition coefficient (Wildman–Crippen LogP) is 5.18. The van der Waals surface area contributed by atoms with Crippen molar-refractivity contribution in [3.05, 3.63) is 57.6 Å². The second-order valence-corrected chi connectivity index (χ2v) is 7.38. The van der Waals surface area contributed by atoms with Gasteiger partial charge in [0.1, 0.15) is 22.9 Å². The van der Waals surface area contributed by atoms with E-state index in [-0.39, 0.29) is 13.0 Å². The molecule has 1 aliphatic rings. The molecule has 5 nitrogen and oxygen atoms in total. The third-order valence-electron chi connectivity index (χ3n) is 4.29. The summed E-state index contributed by atoms with van der Waals surface area (Å²) in [6.07, 6.45) is -1.30. The van der Waals surface area contributed by atoms with Crippen molar-refractivity contribution in [2.24, 2.45) is 0 Å². The summed E-state index contributed by atoms with van der Waals surface area (Å²) in [5.74, 6) is 0.0974. The van der Waals surface area contributed by atoms with Gasteiger partial charge >= 0.3 is 5.97 Å². The summed E-state index contributed by atoms with van der Waals surface area (Å²) in [4.78, 5) is 12.4. The lowest BCUT2D eigenvalue weighted by Crippen LogP contribution is -2.31. The smallest absolute Gasteiger partial charge is 0.308 e. The van der Waals surface area contributed by atoms with E-state index in [0.717, 1.165) is 11.3 Å². The van der Waals surface area contributed by atoms with Crippen LogP contribution in [0.15, 0.2) is 36.4 Å². The molecular formula is C20H19Cl2NO4S. The fourth-order valence-electron chi connectivity index (χ4n) is 3.08. The van der Waals surface area contributed by atoms with Gasteiger partial charge in [0.25, 0.3) is 0 Å². The Labute approximate surface area is 178 Å². The van der Waals surface area contributed by atoms with Gasteiger partial charge in [0.05, 0.1) is 25.2 Å². The first-order valence-electron chi connectivity index (χ1n) is 8.68. The van der Waals surface area contributed by atoms with Crippen LogP contribution >= 0.6 is 35.4 Å². The minimum absolute atomic E-state index is 0.0131. The molecule has 2 aromatic carbocycles. The molecule has 0 radical (unpaired) electrons. The molecule has 148 valence electrons. The van der Waals surface area contributed by atoms with E-state index in [1.807, 2.05) is 18.2 Å². The Morgan fingerprint density at radius 1 is 1.25 bits per heavy atom. The summed E-state index contributed by atoms with van der Waals surface area (Å²) >= 11 is 18.0. The van der Waals surface area contributed by atoms with E-state index in [9.17, 15) is 4.79 Å². The van der Waals surface area contributed by atoms with Gasteiger partial charge in [-0.2, -0.15) is 0 Å². The van der Waals surface area contributed by atoms with E-state index >= 15 is 0 Å². The van der Waals surface area contributed by atoms with E-state index in [4.69, 9.17) is 49.6 Å². The number of benzene rings is 2. The van der Waals surface area contributed by atoms with E-state index < -0.39 is 18.2 Å². The third-order valence-corrected chi connectivity index (χ3v) is 5.19. The van der Waals surface area contributed by atoms with E-state index in [0.29, 0.717) is 26.3 Å². The first kappa shape index (κ1) is 20.9. The lowest BCUT2D eigenvalue weighted by molar-refractivity contribution is -0.145. The topological polar surface area (TPSA) is 56.8 Å². The van der Waals surface area contributed by atoms with Gasteiger partial charge in [-0.1, -0.05) is 47.6 Å². The minimum Gasteiger partial charge on any atom is -0.495 e. The molecule has 0 amide bonds. The maximum Gasteiger partial charge on any atom is 0.308 e. The van der Waals surface area contributed by atoms with Gasteiger partial charge in [0.2, 0.25) is 0 Å². The molecule has 0 fully saturated rings. The Kier molecular flexibility index (Phi) is 6.78. The number of thiocarbonyl (C=S) groups is 1. The lowest BCUT2D eigenvalue weighted by atomic mass is 9.98. The highest BCUT2D eigenvalue weighted by atomic mass is 35.5. The SMILES string of the molecule is CCOC(=O)C[C@@H]1O[C@@H](c2cccc(Cl)c2OC)c2cc(Cl)ccc2NC1=S. The summed E-state index contributed by atoms with van der Waals surface area (Å²) in [6, 6.07) is 10.8. The summed E-state index contributed by atoms with van der Waals surface area (Å²) in [6.45, 7) is 2.03. The molecule has 28 heavy (non-hydrogen) atoms. The van der Waals surface area contributed by atoms with Crippen LogP contribution in [0.5, 0.6) is 5.75 Å². The number of ether oxygens (including phenoxy) is 3. The van der Waals surface area contributed by atoms with E-state index in [1.165, 1.54) is 0 Å². The molecule has 0 unspecified atom stereocenters. The number of para-hydroxylation sites is 1. The number of hydrogen-bond acceptors (Lipinski definition) is 5. The van der Waals surface area contributed by atoms with Gasteiger partial charge in [-0.05, 0) is 31.2 Å². The second-order valence-electron chi connectivity index (χ2n) is 6.10. The van der Waals surface area contributed by atoms with Crippen molar-refractivity contribution in [1.29, 1.82) is 0 Å². The zero-order valence-corrected chi connectivity index (χ0v) is 17.7. The Hall–Kier alpha value is -1.86. The number of methoxy groups -OCH3 is 1. The summed E-state index contributed by atoms with van der Waals surface area (Å²) in [7, 11) is 1.54. The van der Waals surface area contributed by atoms with Crippen LogP contribution in [0.1, 0.15) is 30.6 Å². The molecule has 0 saturated heterocycles. The molecule has 0 saturated carbocycles. The number of carbonyl (C=O) groups excluding carboxylic acids is 1. The number of nitrogens with one attached hydrogen (secondary N) is 1. The van der Waals surface area contributed by atoms with Crippen molar-refractivity contribution >= 4 is 52.1 Å². The normalized spacial score (nSPS) is 18.6. The maximum atomic E-state index is 12.1. The fraction of sp³-hybridized carbons (Fsp3) is 0.300. The summed E-state index contributed by atoms with van der Waals surface area (Å²) in [5.41, 5.74) is 2.22. The van der Waals surface area contributed by atoms with Crippen molar-refractivity contribution < 1.29 is 19.0 Å². The molecule has 0 spiro atoms. The molecule has 0 aromatic heterocycles. The van der Waals surface area contributed by atoms with Crippen LogP contribution in [-0.2, 0) is 14.3 Å². The monoisotopic (exact) mass is 439 g/mol. The van der Waals surface area contributed by atoms with Gasteiger partial charge in [-0.25, -0.2) is 0 Å². The van der Waals surface area contributed by atoms with Crippen molar-refractivity contribution in [3.63, 3.8) is 0 Å². The quantitative estimate of drug-likeness (QED) is 0.511. The Balaban J connectivity index is 2.09. The molecule has 1 aliphatic heterocycles. The maximum absolute atomic E-state index is 12.1. The van der Waals surface area contributed by atoms with Gasteiger partial charge in [0, 0.05) is 21.8 Å². The highest BCUT2D eigenvalue weighted by molar-refractivity contribution is 7.80. The Bertz CT molecular complexity index is 906. The number of esters is 1. The van der Waals surface area contributed by atoms with Crippen LogP contribution in [0.25, 0.3) is 0 Å². The first-order chi connectivity index (χ1) is 13.4. The third kappa shape index (κ3) is 4.41. The number of anilines is 1. The second kappa shape index (κ2) is 9.09. The number of hydrogen-bond donors (Lipinski definition) is 1. The van der Waals surface area contributed by atoms with Crippen LogP contribution in [0, 0.1) is 0 Å². The molecule has 8 heteroatoms. The molecule has 1 heterocycles. The molecule has 0 aliphatic carbocycles. The average molecular weight is 440 g/mol. The summed E-state index contributed by atoms with van der Waals surface area (Å²) < 4.78 is 16.9. The number of rotatable bonds is 5. The van der Waals surface area contributed by atoms with E-state index in [1.54, 1.807) is 32.2 Å². The number of fused-ring (bicyclic) bond motifs is 1. The largest absolute Gasteiger partial charge is 0.495 e. The van der Waals surface area contributed by atoms with Crippen LogP contribution in [0.2, 0.25) is 10.0 Å². The van der Waals surface area contributed by atoms with Crippen LogP contribution in [0.4, 0.5) is 5.69 Å². The highest BCUT2D eigenvalue weighted by Gasteiger charge is 2.33. The lowest BCUT2D eigenvalue weighted by Gasteiger charge is -2.24. The van der Waals surface area contributed by atoms with Gasteiger partial charge in [-0.15, -0.1) is 0 Å². The molecular weight excluding hydrogens is 421 g/mol. The number of carbonyl (C=O) groups is 1. The zero-order valence-electron chi connectivity index (χ0n) is 15.3. The highest BCUT2D eigenvalue weighted by Crippen LogP contribution is 2.43. The van der Waals surface area contributed by atoms with E-state index in [2.05, 4.69) is 5.32 Å². The van der Waals surface area contributed by atoms with Gasteiger partial charge < -0.3 is 19.5 Å². The number of halogens is 2. The van der Waals surface area contributed by atoms with Crippen molar-refractivity contribution in [2.75, 3.05) is 19.0 Å². The first-order valence-corrected chi connectivity index (χ1v) is 9.84. The Morgan fingerprint density at radius 2 is 2.04 bits per heavy atom. The van der Waals surface area contributed by atoms with Crippen molar-refractivity contribution in [3.8, 4) is 5.75 Å². The zero-order chi connectivity index (χ0) is 20.3. The molecule has 2 atom stereocenters. The van der Waals surface area contributed by atoms with Crippen molar-refractivity contribution in [1.82, 2.24) is 0 Å². The average Bonchev–Trinajstić information content (AvgIpc) is 2.78. The molecule has 0 bridgehead atoms. The molecule has 3 rings (SSSR count). The predicted molar refractivity (Wildman–Crippen MR) is 114 cm³/mol. The fourth-order valence-corrected chi connectivity index (χ4v) is 3.77. The van der Waals surface area contributed by atoms with Crippen LogP contribution < -0.4 is 10.1 Å². The minimum atomic E-state index is -0.686. The van der Waals surface area contributed by atoms with Gasteiger partial charge in [0.15, 0.2) is 0 Å². The van der Waals surface area contributed by atoms with Gasteiger partial charge in [-0.3, -0.25) is 4.79 Å². The standard InChI is InChI=1S/C20H19Cl2NO4S/c1-3-26-17(24)10-16-20(28)23-15-8-7-11(21)9-13(15)18(27-16)12-5-4-6-14(22)19(12)25-2/h4-9,16,18H,3,10H2,1-2H3,(H,23,28)/t16-,18-/m0/s1. The van der Waals surface area contributed by atoms with Crippen LogP contribution in [-0.4, -0.2) is 30.8 Å². The Morgan fingerprint density at radius 3 is 2.75 bits per heavy atom. The summed E-state index contributed by atoms with van der Waals surface area (Å²) in [5, 5.41) is 4.16. The molecule has 2 aromatic rings. The molecule has 1 N–H and O–H groups in total. The van der Waals surface area contributed by atoms with Crippen molar-refractivity contribution in [2.45, 2.75) is 25.6 Å².